The van der Waals surface area contributed by atoms with Crippen LogP contribution in [0.4, 0.5) is 18.9 Å². The van der Waals surface area contributed by atoms with Gasteiger partial charge < -0.3 is 10.7 Å². The zero-order valence-electron chi connectivity index (χ0n) is 13.4. The summed E-state index contributed by atoms with van der Waals surface area (Å²) in [6.45, 7) is 1.48. The number of anilines is 1. The van der Waals surface area contributed by atoms with Crippen LogP contribution in [0.15, 0.2) is 29.3 Å². The van der Waals surface area contributed by atoms with Crippen LogP contribution in [0.1, 0.15) is 17.6 Å². The zero-order valence-corrected chi connectivity index (χ0v) is 13.4. The molecule has 0 bridgehead atoms. The van der Waals surface area contributed by atoms with Crippen LogP contribution < -0.4 is 11.3 Å². The van der Waals surface area contributed by atoms with E-state index in [1.165, 1.54) is 31.5 Å². The minimum absolute atomic E-state index is 0.0878. The van der Waals surface area contributed by atoms with Crippen LogP contribution in [-0.2, 0) is 0 Å². The van der Waals surface area contributed by atoms with Gasteiger partial charge in [-0.25, -0.2) is 13.2 Å². The number of nitrogens with zero attached hydrogens (tertiary/aromatic N) is 2. The van der Waals surface area contributed by atoms with Gasteiger partial charge in [0.15, 0.2) is 0 Å². The monoisotopic (exact) mass is 359 g/mol. The fourth-order valence-corrected chi connectivity index (χ4v) is 3.13. The number of aryl methyl sites for hydroxylation is 1. The number of alkyl halides is 2. The number of H-pyrrole nitrogens is 2. The Morgan fingerprint density at radius 2 is 1.96 bits per heavy atom. The summed E-state index contributed by atoms with van der Waals surface area (Å²) in [6.07, 6.45) is -0.140. The topological polar surface area (TPSA) is 100 Å². The molecule has 0 aliphatic carbocycles. The number of nitrogen functional groups attached to an aromatic ring is 1. The normalized spacial score (nSPS) is 11.7. The number of fused-ring (bicyclic) bond motifs is 2. The second-order valence-corrected chi connectivity index (χ2v) is 5.88. The van der Waals surface area contributed by atoms with E-state index < -0.39 is 17.8 Å². The highest BCUT2D eigenvalue weighted by atomic mass is 19.3. The Kier molecular flexibility index (Phi) is 3.46. The van der Waals surface area contributed by atoms with Crippen LogP contribution in [0, 0.1) is 12.7 Å². The van der Waals surface area contributed by atoms with E-state index in [0.717, 1.165) is 0 Å². The number of rotatable bonds is 2. The first kappa shape index (κ1) is 16.1. The molecule has 132 valence electrons. The standard InChI is InChI=1S/C17H12F3N5O/c1-6-4-22-14-11(7-2-3-9(18)13-8(7)5-23-25-13)12(21)17(26)24-15(14)10(6)16(19)20/h2-5,16H,21H2,1H3,(H,23,25)(H,24,26). The fraction of sp³-hybridized carbons (Fsp3) is 0.118. The number of pyridine rings is 2. The zero-order chi connectivity index (χ0) is 18.6. The quantitative estimate of drug-likeness (QED) is 0.510. The molecule has 4 aromatic rings. The minimum Gasteiger partial charge on any atom is -0.394 e. The molecule has 0 unspecified atom stereocenters. The molecule has 0 saturated heterocycles. The maximum absolute atomic E-state index is 13.9. The SMILES string of the molecule is Cc1cnc2c(-c3ccc(F)c4[nH]ncc34)c(N)c(=O)[nH]c2c1C(F)F. The van der Waals surface area contributed by atoms with Crippen molar-refractivity contribution in [3.63, 3.8) is 0 Å². The minimum atomic E-state index is -2.81. The second kappa shape index (κ2) is 5.58. The molecule has 9 heteroatoms. The van der Waals surface area contributed by atoms with E-state index in [1.807, 2.05) is 0 Å². The van der Waals surface area contributed by atoms with E-state index in [4.69, 9.17) is 5.73 Å². The van der Waals surface area contributed by atoms with Gasteiger partial charge in [-0.1, -0.05) is 6.07 Å². The predicted octanol–water partition coefficient (Wildman–Crippen LogP) is 3.43. The molecule has 4 N–H and O–H groups in total. The lowest BCUT2D eigenvalue weighted by atomic mass is 9.97. The highest BCUT2D eigenvalue weighted by Gasteiger charge is 2.23. The van der Waals surface area contributed by atoms with Crippen molar-refractivity contribution in [1.29, 1.82) is 0 Å². The van der Waals surface area contributed by atoms with E-state index in [9.17, 15) is 18.0 Å². The molecule has 4 rings (SSSR count). The molecule has 0 aliphatic heterocycles. The van der Waals surface area contributed by atoms with Crippen molar-refractivity contribution in [2.45, 2.75) is 13.3 Å². The molecule has 0 spiro atoms. The number of aromatic amines is 2. The molecule has 26 heavy (non-hydrogen) atoms. The van der Waals surface area contributed by atoms with Gasteiger partial charge in [-0.2, -0.15) is 5.10 Å². The smallest absolute Gasteiger partial charge is 0.272 e. The lowest BCUT2D eigenvalue weighted by Crippen LogP contribution is -2.15. The number of benzene rings is 1. The molecule has 0 saturated carbocycles. The highest BCUT2D eigenvalue weighted by molar-refractivity contribution is 6.06. The Hall–Kier alpha value is -3.36. The number of halogens is 3. The molecule has 3 aromatic heterocycles. The van der Waals surface area contributed by atoms with E-state index in [0.29, 0.717) is 10.9 Å². The molecular weight excluding hydrogens is 347 g/mol. The van der Waals surface area contributed by atoms with Gasteiger partial charge in [0.2, 0.25) is 0 Å². The van der Waals surface area contributed by atoms with Crippen LogP contribution in [0.2, 0.25) is 0 Å². The van der Waals surface area contributed by atoms with E-state index >= 15 is 0 Å². The van der Waals surface area contributed by atoms with Crippen molar-refractivity contribution in [3.05, 3.63) is 51.8 Å². The van der Waals surface area contributed by atoms with Crippen molar-refractivity contribution in [2.75, 3.05) is 5.73 Å². The summed E-state index contributed by atoms with van der Waals surface area (Å²) in [6, 6.07) is 2.60. The van der Waals surface area contributed by atoms with Gasteiger partial charge in [-0.15, -0.1) is 0 Å². The van der Waals surface area contributed by atoms with Gasteiger partial charge in [-0.05, 0) is 24.1 Å². The molecular formula is C17H12F3N5O. The largest absolute Gasteiger partial charge is 0.394 e. The lowest BCUT2D eigenvalue weighted by molar-refractivity contribution is 0.152. The molecule has 1 aromatic carbocycles. The van der Waals surface area contributed by atoms with Crippen molar-refractivity contribution in [1.82, 2.24) is 20.2 Å². The summed E-state index contributed by atoms with van der Waals surface area (Å²) in [7, 11) is 0. The Morgan fingerprint density at radius 3 is 2.69 bits per heavy atom. The van der Waals surface area contributed by atoms with Crippen molar-refractivity contribution < 1.29 is 13.2 Å². The number of hydrogen-bond acceptors (Lipinski definition) is 4. The summed E-state index contributed by atoms with van der Waals surface area (Å²) in [5.41, 5.74) is 5.64. The Morgan fingerprint density at radius 1 is 1.19 bits per heavy atom. The maximum atomic E-state index is 13.9. The average molecular weight is 359 g/mol. The Labute approximate surface area is 143 Å². The van der Waals surface area contributed by atoms with Crippen molar-refractivity contribution >= 4 is 27.6 Å². The Bertz CT molecular complexity index is 1230. The van der Waals surface area contributed by atoms with Crippen LogP contribution in [0.25, 0.3) is 33.1 Å². The Balaban J connectivity index is 2.21. The third-order valence-corrected chi connectivity index (χ3v) is 4.36. The summed E-state index contributed by atoms with van der Waals surface area (Å²) in [5, 5.41) is 6.70. The first-order chi connectivity index (χ1) is 12.4. The highest BCUT2D eigenvalue weighted by Crippen LogP contribution is 2.38. The lowest BCUT2D eigenvalue weighted by Gasteiger charge is -2.14. The van der Waals surface area contributed by atoms with Gasteiger partial charge in [0.25, 0.3) is 12.0 Å². The first-order valence-electron chi connectivity index (χ1n) is 7.61. The first-order valence-corrected chi connectivity index (χ1v) is 7.61. The molecule has 6 nitrogen and oxygen atoms in total. The van der Waals surface area contributed by atoms with E-state index in [1.54, 1.807) is 0 Å². The van der Waals surface area contributed by atoms with Gasteiger partial charge in [0.05, 0.1) is 17.2 Å². The van der Waals surface area contributed by atoms with Gasteiger partial charge in [0.1, 0.15) is 17.0 Å². The fourth-order valence-electron chi connectivity index (χ4n) is 3.13. The average Bonchev–Trinajstić information content (AvgIpc) is 3.08. The summed E-state index contributed by atoms with van der Waals surface area (Å²) < 4.78 is 41.0. The number of hydrogen-bond donors (Lipinski definition) is 3. The van der Waals surface area contributed by atoms with Gasteiger partial charge in [-0.3, -0.25) is 14.9 Å². The van der Waals surface area contributed by atoms with Crippen LogP contribution in [-0.4, -0.2) is 20.2 Å². The summed E-state index contributed by atoms with van der Waals surface area (Å²) in [5.74, 6) is -0.536. The van der Waals surface area contributed by atoms with Gasteiger partial charge >= 0.3 is 0 Å². The number of nitrogens with two attached hydrogens (primary N) is 1. The maximum Gasteiger partial charge on any atom is 0.272 e. The molecule has 0 atom stereocenters. The van der Waals surface area contributed by atoms with Crippen LogP contribution >= 0.6 is 0 Å². The van der Waals surface area contributed by atoms with Crippen LogP contribution in [0.3, 0.4) is 0 Å². The molecule has 0 amide bonds. The molecule has 0 aliphatic rings. The summed E-state index contributed by atoms with van der Waals surface area (Å²) >= 11 is 0. The van der Waals surface area contributed by atoms with E-state index in [2.05, 4.69) is 20.2 Å². The van der Waals surface area contributed by atoms with Gasteiger partial charge in [0, 0.05) is 22.7 Å². The molecule has 3 heterocycles. The molecule has 0 fully saturated rings. The predicted molar refractivity (Wildman–Crippen MR) is 91.5 cm³/mol. The van der Waals surface area contributed by atoms with Crippen molar-refractivity contribution in [2.24, 2.45) is 0 Å². The van der Waals surface area contributed by atoms with Crippen LogP contribution in [0.5, 0.6) is 0 Å². The molecule has 0 radical (unpaired) electrons. The third kappa shape index (κ3) is 2.17. The van der Waals surface area contributed by atoms with Crippen molar-refractivity contribution in [3.8, 4) is 11.1 Å². The third-order valence-electron chi connectivity index (χ3n) is 4.36. The summed E-state index contributed by atoms with van der Waals surface area (Å²) in [4.78, 5) is 18.9. The second-order valence-electron chi connectivity index (χ2n) is 5.88. The number of aromatic nitrogens is 4. The number of nitrogens with one attached hydrogen (secondary N) is 2. The van der Waals surface area contributed by atoms with E-state index in [-0.39, 0.29) is 38.9 Å².